The van der Waals surface area contributed by atoms with Crippen LogP contribution in [0, 0.1) is 13.8 Å². The standard InChI is InChI=1S/C18H19Cl2N7O3S/c1-8-6-27(25-24-8)11-7-26(18-21-5-12(31-18)17(29)30)4-3-10(11)23-16(28)15-14(20)13(19)9(2)22-15/h5-6,10-11,22H,3-4,7H2,1-2H3,(H,23,28)(H,29,30). The van der Waals surface area contributed by atoms with Gasteiger partial charge in [-0.3, -0.25) is 4.79 Å². The van der Waals surface area contributed by atoms with Crippen LogP contribution >= 0.6 is 34.5 Å². The van der Waals surface area contributed by atoms with Crippen LogP contribution in [-0.4, -0.2) is 61.1 Å². The first kappa shape index (κ1) is 21.6. The van der Waals surface area contributed by atoms with Gasteiger partial charge >= 0.3 is 5.97 Å². The van der Waals surface area contributed by atoms with E-state index in [0.29, 0.717) is 35.4 Å². The number of carbonyl (C=O) groups excluding carboxylic acids is 1. The summed E-state index contributed by atoms with van der Waals surface area (Å²) in [6.45, 7) is 4.63. The topological polar surface area (TPSA) is 129 Å². The number of aromatic nitrogens is 5. The van der Waals surface area contributed by atoms with Crippen molar-refractivity contribution in [3.8, 4) is 0 Å². The molecule has 1 saturated heterocycles. The molecule has 0 spiro atoms. The molecule has 4 rings (SSSR count). The molecule has 4 heterocycles. The molecule has 1 amide bonds. The maximum Gasteiger partial charge on any atom is 0.347 e. The molecular formula is C18H19Cl2N7O3S. The highest BCUT2D eigenvalue weighted by molar-refractivity contribution is 7.17. The van der Waals surface area contributed by atoms with E-state index in [1.165, 1.54) is 6.20 Å². The number of halogens is 2. The molecule has 2 unspecified atom stereocenters. The quantitative estimate of drug-likeness (QED) is 0.508. The second-order valence-corrected chi connectivity index (χ2v) is 9.05. The van der Waals surface area contributed by atoms with Gasteiger partial charge in [0, 0.05) is 25.0 Å². The molecule has 31 heavy (non-hydrogen) atoms. The molecule has 0 bridgehead atoms. The first-order chi connectivity index (χ1) is 14.7. The Morgan fingerprint density at radius 2 is 2.10 bits per heavy atom. The molecule has 1 aliphatic heterocycles. The molecule has 1 fully saturated rings. The average Bonchev–Trinajstić information content (AvgIpc) is 3.45. The number of hydrogen-bond acceptors (Lipinski definition) is 7. The smallest absolute Gasteiger partial charge is 0.347 e. The SMILES string of the molecule is Cc1cn(C2CN(c3ncc(C(=O)O)s3)CCC2NC(=O)c2[nH]c(C)c(Cl)c2Cl)nn1. The highest BCUT2D eigenvalue weighted by Crippen LogP contribution is 2.32. The number of aryl methyl sites for hydroxylation is 2. The van der Waals surface area contributed by atoms with Gasteiger partial charge in [-0.25, -0.2) is 14.5 Å². The fraction of sp³-hybridized carbons (Fsp3) is 0.389. The lowest BCUT2D eigenvalue weighted by atomic mass is 9.99. The molecule has 13 heteroatoms. The average molecular weight is 484 g/mol. The Bertz CT molecular complexity index is 1140. The van der Waals surface area contributed by atoms with Crippen molar-refractivity contribution in [2.75, 3.05) is 18.0 Å². The van der Waals surface area contributed by atoms with E-state index in [4.69, 9.17) is 23.2 Å². The van der Waals surface area contributed by atoms with Gasteiger partial charge in [-0.15, -0.1) is 5.10 Å². The molecule has 3 aromatic heterocycles. The van der Waals surface area contributed by atoms with Crippen molar-refractivity contribution in [1.29, 1.82) is 0 Å². The number of anilines is 1. The lowest BCUT2D eigenvalue weighted by Gasteiger charge is -2.38. The van der Waals surface area contributed by atoms with Crippen LogP contribution in [-0.2, 0) is 0 Å². The van der Waals surface area contributed by atoms with Crippen molar-refractivity contribution in [2.45, 2.75) is 32.4 Å². The van der Waals surface area contributed by atoms with Gasteiger partial charge in [0.1, 0.15) is 10.6 Å². The Balaban J connectivity index is 1.57. The molecule has 164 valence electrons. The van der Waals surface area contributed by atoms with E-state index in [1.54, 1.807) is 17.8 Å². The number of nitrogens with zero attached hydrogens (tertiary/aromatic N) is 5. The lowest BCUT2D eigenvalue weighted by Crippen LogP contribution is -2.52. The number of rotatable bonds is 5. The van der Waals surface area contributed by atoms with Crippen LogP contribution in [0.1, 0.15) is 44.0 Å². The Morgan fingerprint density at radius 1 is 1.32 bits per heavy atom. The number of thiazole rings is 1. The summed E-state index contributed by atoms with van der Waals surface area (Å²) in [6, 6.07) is -0.511. The summed E-state index contributed by atoms with van der Waals surface area (Å²) in [5.74, 6) is -1.37. The minimum atomic E-state index is -1.01. The van der Waals surface area contributed by atoms with E-state index >= 15 is 0 Å². The number of amides is 1. The number of carbonyl (C=O) groups is 2. The first-order valence-corrected chi connectivity index (χ1v) is 11.0. The zero-order chi connectivity index (χ0) is 22.3. The third-order valence-electron chi connectivity index (χ3n) is 5.12. The number of nitrogens with one attached hydrogen (secondary N) is 2. The summed E-state index contributed by atoms with van der Waals surface area (Å²) in [5.41, 5.74) is 1.58. The van der Waals surface area contributed by atoms with Crippen molar-refractivity contribution in [1.82, 2.24) is 30.3 Å². The Hall–Kier alpha value is -2.63. The Morgan fingerprint density at radius 3 is 2.68 bits per heavy atom. The second kappa shape index (κ2) is 8.48. The minimum absolute atomic E-state index is 0.173. The van der Waals surface area contributed by atoms with Crippen LogP contribution in [0.5, 0.6) is 0 Å². The summed E-state index contributed by atoms with van der Waals surface area (Å²) >= 11 is 13.4. The number of carboxylic acids is 1. The summed E-state index contributed by atoms with van der Waals surface area (Å²) in [7, 11) is 0. The third-order valence-corrected chi connectivity index (χ3v) is 7.11. The molecule has 3 aromatic rings. The highest BCUT2D eigenvalue weighted by Gasteiger charge is 2.34. The Labute approximate surface area is 191 Å². The van der Waals surface area contributed by atoms with E-state index in [1.807, 2.05) is 11.8 Å². The number of aromatic amines is 1. The molecule has 0 radical (unpaired) electrons. The van der Waals surface area contributed by atoms with Crippen LogP contribution in [0.2, 0.25) is 10.0 Å². The lowest BCUT2D eigenvalue weighted by molar-refractivity contribution is 0.0701. The number of aromatic carboxylic acids is 1. The zero-order valence-electron chi connectivity index (χ0n) is 16.6. The first-order valence-electron chi connectivity index (χ1n) is 9.41. The van der Waals surface area contributed by atoms with Gasteiger partial charge in [0.2, 0.25) is 0 Å². The van der Waals surface area contributed by atoms with Crippen LogP contribution in [0.25, 0.3) is 0 Å². The number of H-pyrrole nitrogens is 1. The van der Waals surface area contributed by atoms with Crippen LogP contribution < -0.4 is 10.2 Å². The maximum atomic E-state index is 12.9. The van der Waals surface area contributed by atoms with E-state index < -0.39 is 5.97 Å². The van der Waals surface area contributed by atoms with E-state index in [9.17, 15) is 14.7 Å². The van der Waals surface area contributed by atoms with E-state index in [2.05, 4.69) is 25.6 Å². The molecule has 0 aromatic carbocycles. The maximum absolute atomic E-state index is 12.9. The summed E-state index contributed by atoms with van der Waals surface area (Å²) in [6.07, 6.45) is 3.74. The largest absolute Gasteiger partial charge is 0.477 e. The van der Waals surface area contributed by atoms with Gasteiger partial charge in [0.05, 0.1) is 34.0 Å². The normalized spacial score (nSPS) is 18.9. The van der Waals surface area contributed by atoms with E-state index in [-0.39, 0.29) is 33.6 Å². The van der Waals surface area contributed by atoms with Gasteiger partial charge in [-0.05, 0) is 20.3 Å². The summed E-state index contributed by atoms with van der Waals surface area (Å²) < 4.78 is 1.71. The highest BCUT2D eigenvalue weighted by atomic mass is 35.5. The molecular weight excluding hydrogens is 465 g/mol. The molecule has 10 nitrogen and oxygen atoms in total. The number of piperidine rings is 1. The van der Waals surface area contributed by atoms with Gasteiger partial charge in [-0.2, -0.15) is 0 Å². The van der Waals surface area contributed by atoms with Crippen molar-refractivity contribution in [3.05, 3.63) is 44.4 Å². The summed E-state index contributed by atoms with van der Waals surface area (Å²) in [4.78, 5) is 33.4. The fourth-order valence-electron chi connectivity index (χ4n) is 3.55. The van der Waals surface area contributed by atoms with Crippen LogP contribution in [0.15, 0.2) is 12.4 Å². The minimum Gasteiger partial charge on any atom is -0.477 e. The third kappa shape index (κ3) is 4.25. The molecule has 0 aliphatic carbocycles. The monoisotopic (exact) mass is 483 g/mol. The predicted molar refractivity (Wildman–Crippen MR) is 117 cm³/mol. The van der Waals surface area contributed by atoms with Crippen molar-refractivity contribution in [3.63, 3.8) is 0 Å². The molecule has 2 atom stereocenters. The van der Waals surface area contributed by atoms with Gasteiger partial charge < -0.3 is 20.3 Å². The van der Waals surface area contributed by atoms with Gasteiger partial charge in [0.25, 0.3) is 5.91 Å². The number of carboxylic acid groups (broad SMARTS) is 1. The van der Waals surface area contributed by atoms with Crippen molar-refractivity contribution < 1.29 is 14.7 Å². The zero-order valence-corrected chi connectivity index (χ0v) is 18.9. The Kier molecular flexibility index (Phi) is 5.91. The predicted octanol–water partition coefficient (Wildman–Crippen LogP) is 2.93. The molecule has 1 aliphatic rings. The summed E-state index contributed by atoms with van der Waals surface area (Å²) in [5, 5.41) is 21.6. The van der Waals surface area contributed by atoms with Gasteiger partial charge in [-0.1, -0.05) is 39.8 Å². The van der Waals surface area contributed by atoms with Crippen molar-refractivity contribution in [2.24, 2.45) is 0 Å². The van der Waals surface area contributed by atoms with Crippen LogP contribution in [0.4, 0.5) is 5.13 Å². The van der Waals surface area contributed by atoms with E-state index in [0.717, 1.165) is 17.0 Å². The fourth-order valence-corrected chi connectivity index (χ4v) is 4.75. The molecule has 0 saturated carbocycles. The second-order valence-electron chi connectivity index (χ2n) is 7.29. The number of hydrogen-bond donors (Lipinski definition) is 3. The van der Waals surface area contributed by atoms with Crippen LogP contribution in [0.3, 0.4) is 0 Å². The molecule has 3 N–H and O–H groups in total. The van der Waals surface area contributed by atoms with Crippen molar-refractivity contribution >= 4 is 51.5 Å². The van der Waals surface area contributed by atoms with Gasteiger partial charge in [0.15, 0.2) is 5.13 Å².